The fourth-order valence-corrected chi connectivity index (χ4v) is 14.1. The zero-order valence-electron chi connectivity index (χ0n) is 68.7. The van der Waals surface area contributed by atoms with E-state index in [0.717, 1.165) is 0 Å². The molecule has 0 spiro atoms. The molecule has 0 radical (unpaired) electrons. The lowest BCUT2D eigenvalue weighted by molar-refractivity contribution is -0.139. The molecule has 4 atom stereocenters. The number of aryl methyl sites for hydroxylation is 4. The highest BCUT2D eigenvalue weighted by Crippen LogP contribution is 2.39. The molecule has 120 heavy (non-hydrogen) atoms. The van der Waals surface area contributed by atoms with Crippen LogP contribution in [0.15, 0.2) is 72.8 Å². The number of ether oxygens (including phenoxy) is 4. The van der Waals surface area contributed by atoms with E-state index in [1.807, 2.05) is 6.92 Å². The molecular formula is C87H94F4N12O17. The molecule has 4 aliphatic heterocycles. The minimum atomic E-state index is -1.02. The molecule has 3 unspecified atom stereocenters. The van der Waals surface area contributed by atoms with Gasteiger partial charge in [-0.25, -0.2) is 17.6 Å². The Bertz CT molecular complexity index is 5560. The maximum atomic E-state index is 13.7. The Balaban J connectivity index is 0.000000182. The van der Waals surface area contributed by atoms with Gasteiger partial charge in [-0.3, -0.25) is 57.5 Å². The number of hydrogen-bond donors (Lipinski definition) is 13. The predicted molar refractivity (Wildman–Crippen MR) is 443 cm³/mol. The quantitative estimate of drug-likeness (QED) is 0.0160. The van der Waals surface area contributed by atoms with Crippen LogP contribution in [0.1, 0.15) is 178 Å². The molecule has 4 aromatic carbocycles. The van der Waals surface area contributed by atoms with Crippen LogP contribution < -0.4 is 42.5 Å². The van der Waals surface area contributed by atoms with Crippen molar-refractivity contribution in [3.05, 3.63) is 208 Å². The zero-order valence-corrected chi connectivity index (χ0v) is 68.7. The summed E-state index contributed by atoms with van der Waals surface area (Å²) in [7, 11) is 4.24. The van der Waals surface area contributed by atoms with Gasteiger partial charge < -0.3 is 86.5 Å². The maximum Gasteiger partial charge on any atom is 0.306 e. The van der Waals surface area contributed by atoms with Crippen LogP contribution in [0.5, 0.6) is 0 Å². The molecule has 8 heterocycles. The van der Waals surface area contributed by atoms with Gasteiger partial charge in [-0.1, -0.05) is 0 Å². The number of anilines is 4. The van der Waals surface area contributed by atoms with Gasteiger partial charge in [0, 0.05) is 138 Å². The number of aliphatic carboxylic acids is 1. The average molecular weight is 1660 g/mol. The number of carboxylic acid groups (broad SMARTS) is 1. The number of aromatic amines is 4. The van der Waals surface area contributed by atoms with Crippen LogP contribution in [0.2, 0.25) is 0 Å². The summed E-state index contributed by atoms with van der Waals surface area (Å²) >= 11 is 0. The molecular weight excluding hydrogens is 1560 g/mol. The Hall–Kier alpha value is -13.2. The average Bonchev–Trinajstić information content (AvgIpc) is 1.65. The van der Waals surface area contributed by atoms with Gasteiger partial charge in [0.15, 0.2) is 17.3 Å². The molecule has 0 aliphatic carbocycles. The van der Waals surface area contributed by atoms with Crippen LogP contribution in [-0.4, -0.2) is 174 Å². The van der Waals surface area contributed by atoms with Crippen molar-refractivity contribution in [3.8, 4) is 0 Å². The Morgan fingerprint density at radius 2 is 0.675 bits per heavy atom. The van der Waals surface area contributed by atoms with Crippen LogP contribution in [-0.2, 0) is 57.3 Å². The van der Waals surface area contributed by atoms with Gasteiger partial charge in [0.1, 0.15) is 41.6 Å². The summed E-state index contributed by atoms with van der Waals surface area (Å²) in [5, 5.41) is 30.7. The summed E-state index contributed by atoms with van der Waals surface area (Å²) in [6.45, 7) is 21.2. The Morgan fingerprint density at radius 3 is 0.933 bits per heavy atom. The summed E-state index contributed by atoms with van der Waals surface area (Å²) < 4.78 is 75.2. The lowest BCUT2D eigenvalue weighted by Gasteiger charge is -2.14. The minimum absolute atomic E-state index is 0.0389. The monoisotopic (exact) mass is 1650 g/mol. The molecule has 0 bridgehead atoms. The largest absolute Gasteiger partial charge is 0.481 e. The highest BCUT2D eigenvalue weighted by Gasteiger charge is 2.33. The fraction of sp³-hybridized carbons (Fsp3) is 0.310. The number of nitrogens with one attached hydrogen (secondary N) is 12. The highest BCUT2D eigenvalue weighted by atomic mass is 19.1. The summed E-state index contributed by atoms with van der Waals surface area (Å²) in [6, 6.07) is 16.4. The van der Waals surface area contributed by atoms with E-state index in [9.17, 15) is 75.1 Å². The molecule has 8 aromatic rings. The number of carbonyl (C=O) groups is 12. The van der Waals surface area contributed by atoms with Gasteiger partial charge in [-0.05, 0) is 215 Å². The van der Waals surface area contributed by atoms with Crippen molar-refractivity contribution >= 4 is 140 Å². The number of carbonyl (C=O) groups excluding carboxylic acids is 11. The first kappa shape index (κ1) is 90.7. The number of amides is 8. The zero-order chi connectivity index (χ0) is 88.0. The number of H-pyrrole nitrogens is 4. The number of Topliss-reactive ketones (excluding diaryl/α,β-unsaturated/α-hetero) is 3. The standard InChI is InChI=1S/C23H26FN3O4.C22H24FN3O4.C21H22FN3O5.C21H22FN3O4/c1-5-31-20(14(4)28)8-9-25-23(30)21-12(2)19(26-13(21)3)11-17-16-10-15(24)6-7-18(16)27-22(17)29;1-11-18(10-16-15-9-14(23)5-6-17(15)26-21(16)28)25-12(2)20(11)22(29)24-8-7-19(30-4)13(3)27;1-10-17(8-15-14-6-12(22)4-5-16(14)25-20(15)28)24-11(2)19(10)21(29)23-9-13(30-3)7-18(26)27;1-10-17(8-15-14-7-13(22)5-6-16(14)25-20(15)27)24-11(2)19(10)21(28)23-9-18(29-4)12(3)26/h6-7,10-11,20,26H,5,8-9H2,1-4H3,(H,25,30)(H,27,29);5-6,9-10,19,25H,7-8H2,1-4H3,(H,24,29)(H,26,28);4-6,8,13,24H,7,9H2,1-3H3,(H,23,29)(H,25,28)(H,26,27);5-8,18,24H,9H2,1-4H3,(H,23,28)(H,25,27)/b17-11-;16-10-;2*15-8-/t;19-;;/m.0../s1. The van der Waals surface area contributed by atoms with Crippen LogP contribution in [0.25, 0.3) is 46.6 Å². The van der Waals surface area contributed by atoms with Gasteiger partial charge >= 0.3 is 5.97 Å². The molecule has 29 nitrogen and oxygen atoms in total. The third kappa shape index (κ3) is 21.4. The second kappa shape index (κ2) is 39.8. The molecule has 4 aliphatic rings. The second-order valence-corrected chi connectivity index (χ2v) is 28.7. The van der Waals surface area contributed by atoms with E-state index in [0.29, 0.717) is 183 Å². The number of ketones is 3. The predicted octanol–water partition coefficient (Wildman–Crippen LogP) is 11.4. The van der Waals surface area contributed by atoms with Crippen molar-refractivity contribution in [2.75, 3.05) is 75.4 Å². The third-order valence-corrected chi connectivity index (χ3v) is 20.4. The first-order valence-corrected chi connectivity index (χ1v) is 38.0. The fourth-order valence-electron chi connectivity index (χ4n) is 14.1. The van der Waals surface area contributed by atoms with Crippen LogP contribution >= 0.6 is 0 Å². The summed E-state index contributed by atoms with van der Waals surface area (Å²) in [5.74, 6) is -5.81. The Labute approximate surface area is 687 Å². The number of carboxylic acids is 1. The number of hydrogen-bond acceptors (Lipinski definition) is 16. The lowest BCUT2D eigenvalue weighted by Crippen LogP contribution is -2.37. The van der Waals surface area contributed by atoms with E-state index < -0.39 is 53.7 Å². The normalized spacial score (nSPS) is 15.1. The van der Waals surface area contributed by atoms with E-state index in [1.165, 1.54) is 115 Å². The number of fused-ring (bicyclic) bond motifs is 4. The minimum Gasteiger partial charge on any atom is -0.481 e. The second-order valence-electron chi connectivity index (χ2n) is 28.7. The molecule has 33 heteroatoms. The molecule has 632 valence electrons. The molecule has 8 amide bonds. The first-order valence-electron chi connectivity index (χ1n) is 38.0. The van der Waals surface area contributed by atoms with Crippen molar-refractivity contribution in [1.29, 1.82) is 0 Å². The number of aromatic nitrogens is 4. The van der Waals surface area contributed by atoms with Crippen molar-refractivity contribution in [1.82, 2.24) is 41.2 Å². The topological polar surface area (TPSA) is 421 Å². The highest BCUT2D eigenvalue weighted by molar-refractivity contribution is 6.37. The van der Waals surface area contributed by atoms with Crippen molar-refractivity contribution in [2.45, 2.75) is 127 Å². The van der Waals surface area contributed by atoms with Gasteiger partial charge in [0.05, 0.1) is 63.6 Å². The van der Waals surface area contributed by atoms with Crippen molar-refractivity contribution in [2.24, 2.45) is 0 Å². The molecule has 0 fully saturated rings. The van der Waals surface area contributed by atoms with E-state index in [-0.39, 0.29) is 90.7 Å². The Morgan fingerprint density at radius 1 is 0.400 bits per heavy atom. The van der Waals surface area contributed by atoms with Crippen LogP contribution in [0.3, 0.4) is 0 Å². The van der Waals surface area contributed by atoms with Crippen molar-refractivity contribution in [3.63, 3.8) is 0 Å². The van der Waals surface area contributed by atoms with E-state index in [4.69, 9.17) is 24.1 Å². The third-order valence-electron chi connectivity index (χ3n) is 20.4. The lowest BCUT2D eigenvalue weighted by atomic mass is 10.0. The number of benzene rings is 4. The van der Waals surface area contributed by atoms with Crippen LogP contribution in [0.4, 0.5) is 40.3 Å². The first-order chi connectivity index (χ1) is 56.9. The molecule has 0 saturated carbocycles. The van der Waals surface area contributed by atoms with Gasteiger partial charge in [-0.15, -0.1) is 0 Å². The van der Waals surface area contributed by atoms with Gasteiger partial charge in [0.2, 0.25) is 0 Å². The smallest absolute Gasteiger partial charge is 0.306 e. The van der Waals surface area contributed by atoms with E-state index in [2.05, 4.69) is 62.5 Å². The number of halogens is 4. The van der Waals surface area contributed by atoms with Gasteiger partial charge in [-0.2, -0.15) is 0 Å². The molecule has 4 aromatic heterocycles. The number of rotatable bonds is 28. The molecule has 0 saturated heterocycles. The summed E-state index contributed by atoms with van der Waals surface area (Å²) in [5.41, 5.74) is 14.5. The van der Waals surface area contributed by atoms with Crippen molar-refractivity contribution < 1.29 is 99.2 Å². The summed E-state index contributed by atoms with van der Waals surface area (Å²) in [6.07, 6.45) is 4.50. The van der Waals surface area contributed by atoms with Crippen LogP contribution in [0, 0.1) is 78.7 Å². The SMILES string of the molecule is CCOC(CCNC(=O)c1c(C)[nH]c(/C=C2\C(=O)Nc3ccc(F)cc32)c1C)C(C)=O.COC(CNC(=O)c1c(C)[nH]c(/C=C2\C(=O)Nc3ccc(F)cc32)c1C)C(C)=O.COC(CNC(=O)c1c(C)[nH]c(/C=C2\C(=O)Nc3ccc(F)cc32)c1C)CC(=O)O.CO[C@@H](CCNC(=O)c1c(C)[nH]c(/C=C2\C(=O)Nc3ccc(F)cc32)c1C)C(C)=O. The molecule has 12 rings (SSSR count). The maximum absolute atomic E-state index is 13.7. The van der Waals surface area contributed by atoms with E-state index >= 15 is 0 Å². The molecule has 13 N–H and O–H groups in total. The van der Waals surface area contributed by atoms with E-state index in [1.54, 1.807) is 79.7 Å². The Kier molecular flexibility index (Phi) is 30.1. The number of methoxy groups -OCH3 is 3. The van der Waals surface area contributed by atoms with Gasteiger partial charge in [0.25, 0.3) is 47.3 Å². The summed E-state index contributed by atoms with van der Waals surface area (Å²) in [4.78, 5) is 158.